The van der Waals surface area contributed by atoms with Crippen molar-refractivity contribution in [3.05, 3.63) is 0 Å². The second kappa shape index (κ2) is 6.06. The van der Waals surface area contributed by atoms with Gasteiger partial charge in [0.15, 0.2) is 9.84 Å². The number of hydrogen-bond acceptors (Lipinski definition) is 5. The van der Waals surface area contributed by atoms with Gasteiger partial charge >= 0.3 is 0 Å². The highest BCUT2D eigenvalue weighted by atomic mass is 32.2. The summed E-state index contributed by atoms with van der Waals surface area (Å²) in [5.74, 6) is 0.821. The molecule has 0 radical (unpaired) electrons. The number of thioether (sulfide) groups is 1. The van der Waals surface area contributed by atoms with E-state index in [0.717, 1.165) is 5.75 Å². The van der Waals surface area contributed by atoms with E-state index in [1.807, 2.05) is 6.26 Å². The highest BCUT2D eigenvalue weighted by Gasteiger charge is 2.33. The van der Waals surface area contributed by atoms with Crippen molar-refractivity contribution in [1.29, 1.82) is 0 Å². The molecule has 100 valence electrons. The van der Waals surface area contributed by atoms with Crippen LogP contribution in [0.15, 0.2) is 0 Å². The van der Waals surface area contributed by atoms with E-state index in [0.29, 0.717) is 6.42 Å². The lowest BCUT2D eigenvalue weighted by atomic mass is 10.2. The van der Waals surface area contributed by atoms with Gasteiger partial charge in [0.2, 0.25) is 5.91 Å². The van der Waals surface area contributed by atoms with E-state index in [9.17, 15) is 13.2 Å². The highest BCUT2D eigenvalue weighted by Crippen LogP contribution is 2.13. The number of hydrogen-bond donors (Lipinski definition) is 1. The van der Waals surface area contributed by atoms with E-state index in [4.69, 9.17) is 5.73 Å². The average Bonchev–Trinajstić information content (AvgIpc) is 2.23. The summed E-state index contributed by atoms with van der Waals surface area (Å²) in [6.45, 7) is 2.03. The summed E-state index contributed by atoms with van der Waals surface area (Å²) >= 11 is 1.65. The molecule has 1 heterocycles. The molecule has 7 heteroatoms. The number of rotatable bonds is 4. The Bertz CT molecular complexity index is 370. The maximum atomic E-state index is 12.0. The molecule has 1 amide bonds. The van der Waals surface area contributed by atoms with Gasteiger partial charge in [-0.1, -0.05) is 0 Å². The van der Waals surface area contributed by atoms with Crippen molar-refractivity contribution < 1.29 is 13.2 Å². The van der Waals surface area contributed by atoms with Crippen LogP contribution >= 0.6 is 11.8 Å². The number of amides is 1. The number of nitrogens with zero attached hydrogens (tertiary/aromatic N) is 1. The van der Waals surface area contributed by atoms with Crippen molar-refractivity contribution in [3.8, 4) is 0 Å². The molecule has 1 saturated heterocycles. The number of nitrogens with two attached hydrogens (primary N) is 1. The third kappa shape index (κ3) is 4.15. The van der Waals surface area contributed by atoms with E-state index in [1.165, 1.54) is 0 Å². The molecule has 0 aromatic heterocycles. The smallest absolute Gasteiger partial charge is 0.239 e. The minimum absolute atomic E-state index is 0.0496. The van der Waals surface area contributed by atoms with Gasteiger partial charge in [0, 0.05) is 12.6 Å². The van der Waals surface area contributed by atoms with Gasteiger partial charge in [-0.05, 0) is 25.4 Å². The molecule has 5 nitrogen and oxygen atoms in total. The van der Waals surface area contributed by atoms with Gasteiger partial charge in [0.05, 0.1) is 17.5 Å². The molecular weight excluding hydrogens is 260 g/mol. The quantitative estimate of drug-likeness (QED) is 0.765. The van der Waals surface area contributed by atoms with Crippen LogP contribution in [0.4, 0.5) is 0 Å². The number of sulfone groups is 1. The first-order valence-electron chi connectivity index (χ1n) is 5.63. The third-order valence-corrected chi connectivity index (χ3v) is 5.34. The lowest BCUT2D eigenvalue weighted by Gasteiger charge is -2.34. The Morgan fingerprint density at radius 1 is 1.59 bits per heavy atom. The van der Waals surface area contributed by atoms with Crippen molar-refractivity contribution in [2.45, 2.75) is 25.4 Å². The Morgan fingerprint density at radius 3 is 2.76 bits per heavy atom. The van der Waals surface area contributed by atoms with Gasteiger partial charge < -0.3 is 10.6 Å². The topological polar surface area (TPSA) is 80.5 Å². The number of carbonyl (C=O) groups is 1. The molecule has 1 fully saturated rings. The molecule has 0 saturated carbocycles. The van der Waals surface area contributed by atoms with Gasteiger partial charge in [-0.3, -0.25) is 4.79 Å². The first-order chi connectivity index (χ1) is 7.87. The first kappa shape index (κ1) is 14.8. The SMILES string of the molecule is CSCC[C@H](N)C(=O)N1CCS(=O)(=O)CC1C. The molecule has 1 rings (SSSR count). The van der Waals surface area contributed by atoms with Crippen LogP contribution in [0.1, 0.15) is 13.3 Å². The van der Waals surface area contributed by atoms with Crippen molar-refractivity contribution in [2.75, 3.05) is 30.1 Å². The van der Waals surface area contributed by atoms with Crippen LogP contribution in [-0.4, -0.2) is 61.4 Å². The van der Waals surface area contributed by atoms with Crippen LogP contribution in [0.2, 0.25) is 0 Å². The monoisotopic (exact) mass is 280 g/mol. The van der Waals surface area contributed by atoms with Crippen molar-refractivity contribution in [1.82, 2.24) is 4.90 Å². The van der Waals surface area contributed by atoms with E-state index in [2.05, 4.69) is 0 Å². The third-order valence-electron chi connectivity index (χ3n) is 2.90. The van der Waals surface area contributed by atoms with Crippen molar-refractivity contribution in [2.24, 2.45) is 5.73 Å². The van der Waals surface area contributed by atoms with E-state index >= 15 is 0 Å². The molecule has 0 aliphatic carbocycles. The molecule has 1 unspecified atom stereocenters. The molecule has 1 aliphatic heterocycles. The van der Waals surface area contributed by atoms with Crippen LogP contribution in [0.5, 0.6) is 0 Å². The standard InChI is InChI=1S/C10H20N2O3S2/c1-8-7-17(14,15)6-4-12(8)10(13)9(11)3-5-16-2/h8-9H,3-7,11H2,1-2H3/t8?,9-/m0/s1. The zero-order chi connectivity index (χ0) is 13.1. The molecule has 2 atom stereocenters. The van der Waals surface area contributed by atoms with E-state index in [1.54, 1.807) is 23.6 Å². The summed E-state index contributed by atoms with van der Waals surface area (Å²) in [4.78, 5) is 13.6. The Morgan fingerprint density at radius 2 is 2.24 bits per heavy atom. The summed E-state index contributed by atoms with van der Waals surface area (Å²) in [7, 11) is -2.98. The van der Waals surface area contributed by atoms with Crippen LogP contribution in [0, 0.1) is 0 Å². The summed E-state index contributed by atoms with van der Waals surface area (Å²) in [5, 5.41) is 0. The van der Waals surface area contributed by atoms with Gasteiger partial charge in [0.25, 0.3) is 0 Å². The normalized spacial score (nSPS) is 25.6. The maximum absolute atomic E-state index is 12.0. The lowest BCUT2D eigenvalue weighted by molar-refractivity contribution is -0.134. The second-order valence-corrected chi connectivity index (χ2v) is 7.60. The molecule has 0 aromatic rings. The minimum Gasteiger partial charge on any atom is -0.337 e. The molecule has 1 aliphatic rings. The van der Waals surface area contributed by atoms with Gasteiger partial charge in [-0.25, -0.2) is 8.42 Å². The number of carbonyl (C=O) groups excluding carboxylic acids is 1. The summed E-state index contributed by atoms with van der Waals surface area (Å²) in [6.07, 6.45) is 2.60. The van der Waals surface area contributed by atoms with Gasteiger partial charge in [-0.2, -0.15) is 11.8 Å². The molecule has 0 aromatic carbocycles. The van der Waals surface area contributed by atoms with Crippen molar-refractivity contribution in [3.63, 3.8) is 0 Å². The molecule has 17 heavy (non-hydrogen) atoms. The maximum Gasteiger partial charge on any atom is 0.239 e. The fourth-order valence-corrected chi connectivity index (χ4v) is 3.95. The zero-order valence-electron chi connectivity index (χ0n) is 10.3. The zero-order valence-corrected chi connectivity index (χ0v) is 11.9. The van der Waals surface area contributed by atoms with Gasteiger partial charge in [-0.15, -0.1) is 0 Å². The van der Waals surface area contributed by atoms with E-state index < -0.39 is 15.9 Å². The molecule has 2 N–H and O–H groups in total. The fraction of sp³-hybridized carbons (Fsp3) is 0.900. The second-order valence-electron chi connectivity index (χ2n) is 4.38. The lowest BCUT2D eigenvalue weighted by Crippen LogP contribution is -2.54. The predicted octanol–water partition coefficient (Wildman–Crippen LogP) is -0.288. The van der Waals surface area contributed by atoms with E-state index in [-0.39, 0.29) is 30.0 Å². The van der Waals surface area contributed by atoms with Crippen molar-refractivity contribution >= 4 is 27.5 Å². The Kier molecular flexibility index (Phi) is 5.27. The van der Waals surface area contributed by atoms with Crippen LogP contribution in [0.25, 0.3) is 0 Å². The summed E-state index contributed by atoms with van der Waals surface area (Å²) < 4.78 is 22.8. The fourth-order valence-electron chi connectivity index (χ4n) is 1.91. The molecular formula is C10H20N2O3S2. The summed E-state index contributed by atoms with van der Waals surface area (Å²) in [6, 6.07) is -0.771. The Labute approximate surface area is 107 Å². The highest BCUT2D eigenvalue weighted by molar-refractivity contribution is 7.98. The predicted molar refractivity (Wildman–Crippen MR) is 70.8 cm³/mol. The summed E-state index contributed by atoms with van der Waals surface area (Å²) in [5.41, 5.74) is 5.81. The minimum atomic E-state index is -2.98. The molecule has 0 bridgehead atoms. The van der Waals surface area contributed by atoms with Crippen LogP contribution < -0.4 is 5.73 Å². The Balaban J connectivity index is 2.58. The average molecular weight is 280 g/mol. The van der Waals surface area contributed by atoms with Crippen LogP contribution in [0.3, 0.4) is 0 Å². The van der Waals surface area contributed by atoms with Gasteiger partial charge in [0.1, 0.15) is 0 Å². The molecule has 0 spiro atoms. The largest absolute Gasteiger partial charge is 0.337 e. The Hall–Kier alpha value is -0.270. The van der Waals surface area contributed by atoms with Crippen LogP contribution in [-0.2, 0) is 14.6 Å². The first-order valence-corrected chi connectivity index (χ1v) is 8.84.